The minimum atomic E-state index is -0.433. The predicted octanol–water partition coefficient (Wildman–Crippen LogP) is 19.8. The molecule has 13 rings (SSSR count). The van der Waals surface area contributed by atoms with Gasteiger partial charge < -0.3 is 4.74 Å². The SMILES string of the molecule is [2H]c1c([2H])c([2H])c(-c2cccc3c2-c2cccc(C(C)(C)C)c2-[n+]2[c-]n(-c4cccc(Oc5ccc6c7ccccc7n(-c7cc(C(C)(C)C)ccn7)c6c5)c4)c4cc(-c5cc(C(C)(C)C)cc(C(C)(C)C)c5)cc(c42)-c2ccccc2-3)c([2H])c1[2H]. The van der Waals surface area contributed by atoms with Crippen molar-refractivity contribution in [3.63, 3.8) is 0 Å². The summed E-state index contributed by atoms with van der Waals surface area (Å²) in [5.74, 6) is 2.16. The number of para-hydroxylation sites is 2. The average Bonchev–Trinajstić information content (AvgIpc) is 2.31. The van der Waals surface area contributed by atoms with Gasteiger partial charge in [0.2, 0.25) is 0 Å². The zero-order valence-electron chi connectivity index (χ0n) is 53.4. The third-order valence-electron chi connectivity index (χ3n) is 16.2. The van der Waals surface area contributed by atoms with Crippen LogP contribution >= 0.6 is 0 Å². The molecular formula is C76H70N4O. The van der Waals surface area contributed by atoms with Gasteiger partial charge in [0.05, 0.1) is 40.3 Å². The first-order valence-corrected chi connectivity index (χ1v) is 28.2. The van der Waals surface area contributed by atoms with Crippen molar-refractivity contribution in [1.29, 1.82) is 0 Å². The molecule has 0 atom stereocenters. The number of hydrogen-bond donors (Lipinski definition) is 0. The number of nitrogens with zero attached hydrogens (tertiary/aromatic N) is 4. The molecule has 0 saturated heterocycles. The number of ether oxygens (including phenoxy) is 1. The van der Waals surface area contributed by atoms with E-state index in [1.807, 2.05) is 36.5 Å². The second kappa shape index (κ2) is 18.9. The van der Waals surface area contributed by atoms with Crippen molar-refractivity contribution < 1.29 is 16.2 Å². The van der Waals surface area contributed by atoms with E-state index < -0.39 is 11.5 Å². The first kappa shape index (κ1) is 46.0. The molecule has 0 N–H and O–H groups in total. The average molecular weight is 1060 g/mol. The van der Waals surface area contributed by atoms with Gasteiger partial charge >= 0.3 is 0 Å². The van der Waals surface area contributed by atoms with Crippen LogP contribution in [0.4, 0.5) is 0 Å². The fraction of sp³-hybridized carbons (Fsp3) is 0.211. The Labute approximate surface area is 484 Å². The number of aromatic nitrogens is 4. The Kier molecular flexibility index (Phi) is 10.7. The van der Waals surface area contributed by atoms with Crippen LogP contribution in [0, 0.1) is 6.33 Å². The number of imidazole rings is 1. The highest BCUT2D eigenvalue weighted by Crippen LogP contribution is 2.50. The van der Waals surface area contributed by atoms with Crippen molar-refractivity contribution >= 4 is 32.8 Å². The minimum absolute atomic E-state index is 0.0710. The third-order valence-corrected chi connectivity index (χ3v) is 16.2. The maximum absolute atomic E-state index is 9.43. The highest BCUT2D eigenvalue weighted by Gasteiger charge is 2.32. The van der Waals surface area contributed by atoms with Crippen LogP contribution in [0.25, 0.3) is 106 Å². The summed E-state index contributed by atoms with van der Waals surface area (Å²) in [5.41, 5.74) is 17.7. The van der Waals surface area contributed by atoms with Crippen LogP contribution in [0.15, 0.2) is 206 Å². The molecule has 0 unspecified atom stereocenters. The highest BCUT2D eigenvalue weighted by molar-refractivity contribution is 6.10. The van der Waals surface area contributed by atoms with E-state index in [0.29, 0.717) is 17.1 Å². The number of fused-ring (bicyclic) bond motifs is 10. The molecule has 1 aliphatic heterocycles. The van der Waals surface area contributed by atoms with Crippen molar-refractivity contribution in [2.24, 2.45) is 0 Å². The summed E-state index contributed by atoms with van der Waals surface area (Å²) in [7, 11) is 0. The van der Waals surface area contributed by atoms with Crippen molar-refractivity contribution in [2.75, 3.05) is 0 Å². The summed E-state index contributed by atoms with van der Waals surface area (Å²) in [6, 6.07) is 58.1. The molecule has 5 nitrogen and oxygen atoms in total. The molecule has 0 radical (unpaired) electrons. The monoisotopic (exact) mass is 1060 g/mol. The van der Waals surface area contributed by atoms with Gasteiger partial charge in [-0.25, -0.2) is 4.98 Å². The van der Waals surface area contributed by atoms with Crippen molar-refractivity contribution in [1.82, 2.24) is 14.1 Å². The van der Waals surface area contributed by atoms with Gasteiger partial charge in [0, 0.05) is 23.0 Å². The molecule has 81 heavy (non-hydrogen) atoms. The summed E-state index contributed by atoms with van der Waals surface area (Å²) in [6.07, 6.45) is 5.91. The minimum Gasteiger partial charge on any atom is -0.458 e. The van der Waals surface area contributed by atoms with Gasteiger partial charge in [-0.3, -0.25) is 13.7 Å². The Morgan fingerprint density at radius 3 is 1.80 bits per heavy atom. The molecule has 5 heteroatoms. The topological polar surface area (TPSA) is 35.9 Å². The maximum Gasteiger partial charge on any atom is 0.269 e. The van der Waals surface area contributed by atoms with Gasteiger partial charge in [0.1, 0.15) is 17.3 Å². The number of pyridine rings is 1. The Balaban J connectivity index is 1.10. The van der Waals surface area contributed by atoms with Gasteiger partial charge in [-0.05, 0) is 154 Å². The van der Waals surface area contributed by atoms with Crippen LogP contribution in [0.3, 0.4) is 0 Å². The molecule has 1 aliphatic rings. The fourth-order valence-corrected chi connectivity index (χ4v) is 11.9. The molecule has 0 aliphatic carbocycles. The summed E-state index contributed by atoms with van der Waals surface area (Å²) in [4.78, 5) is 4.94. The number of rotatable bonds is 6. The fourth-order valence-electron chi connectivity index (χ4n) is 11.9. The predicted molar refractivity (Wildman–Crippen MR) is 338 cm³/mol. The van der Waals surface area contributed by atoms with Crippen molar-refractivity contribution in [2.45, 2.75) is 105 Å². The standard InChI is InChI=1S/C76H70N4O/c1-73(2,3)51-37-38-77-69(44-51)80-66-34-19-18-29-60(66)61-36-35-56(46-67(61)80)81-55-26-20-25-54(45-55)78-47-79-71-63(32-22-33-65(71)76(10,11)12)70-57(48-23-14-13-15-24-48)30-21-31-62(70)58-27-16-17-28-59(58)64-41-50(42-68(78)72(64)79)49-39-52(74(4,5)6)43-53(40-49)75(7,8)9/h13-46H,1-12H3/i13D,14D,15D,23D,24D. The van der Waals surface area contributed by atoms with Crippen LogP contribution in [-0.4, -0.2) is 14.1 Å². The van der Waals surface area contributed by atoms with Gasteiger partial charge in [-0.1, -0.05) is 222 Å². The van der Waals surface area contributed by atoms with Gasteiger partial charge in [0.15, 0.2) is 0 Å². The number of benzene rings is 9. The summed E-state index contributed by atoms with van der Waals surface area (Å²) in [6.45, 7) is 27.0. The Hall–Kier alpha value is -8.80. The Morgan fingerprint density at radius 2 is 1.07 bits per heavy atom. The van der Waals surface area contributed by atoms with Crippen LogP contribution in [0.2, 0.25) is 0 Å². The van der Waals surface area contributed by atoms with Crippen LogP contribution in [0.5, 0.6) is 11.5 Å². The summed E-state index contributed by atoms with van der Waals surface area (Å²) in [5, 5.41) is 2.23. The Bertz CT molecular complexity index is 4730. The van der Waals surface area contributed by atoms with E-state index in [2.05, 4.69) is 243 Å². The quantitative estimate of drug-likeness (QED) is 0.123. The lowest BCUT2D eigenvalue weighted by Gasteiger charge is -2.27. The van der Waals surface area contributed by atoms with E-state index >= 15 is 0 Å². The van der Waals surface area contributed by atoms with E-state index in [9.17, 15) is 2.74 Å². The second-order valence-electron chi connectivity index (χ2n) is 26.0. The lowest BCUT2D eigenvalue weighted by molar-refractivity contribution is -0.572. The van der Waals surface area contributed by atoms with Crippen molar-refractivity contribution in [3.8, 4) is 84.3 Å². The van der Waals surface area contributed by atoms with Crippen molar-refractivity contribution in [3.05, 3.63) is 235 Å². The molecule has 0 fully saturated rings. The molecule has 0 saturated carbocycles. The van der Waals surface area contributed by atoms with E-state index in [1.165, 1.54) is 16.7 Å². The molecule has 12 aromatic rings. The molecule has 3 aromatic heterocycles. The van der Waals surface area contributed by atoms with E-state index in [4.69, 9.17) is 13.8 Å². The number of hydrogen-bond acceptors (Lipinski definition) is 2. The zero-order chi connectivity index (χ0) is 60.7. The van der Waals surface area contributed by atoms with Crippen LogP contribution < -0.4 is 9.30 Å². The first-order chi connectivity index (χ1) is 40.8. The highest BCUT2D eigenvalue weighted by atomic mass is 16.5. The second-order valence-corrected chi connectivity index (χ2v) is 26.0. The van der Waals surface area contributed by atoms with Gasteiger partial charge in [0.25, 0.3) is 6.33 Å². The van der Waals surface area contributed by atoms with E-state index in [1.54, 1.807) is 0 Å². The van der Waals surface area contributed by atoms with E-state index in [-0.39, 0.29) is 46.0 Å². The lowest BCUT2D eigenvalue weighted by Crippen LogP contribution is -2.35. The van der Waals surface area contributed by atoms with Gasteiger partial charge in [-0.15, -0.1) is 0 Å². The molecule has 0 bridgehead atoms. The van der Waals surface area contributed by atoms with Gasteiger partial charge in [-0.2, -0.15) is 0 Å². The molecule has 4 heterocycles. The largest absolute Gasteiger partial charge is 0.458 e. The van der Waals surface area contributed by atoms with Crippen LogP contribution in [0.1, 0.15) is 112 Å². The summed E-state index contributed by atoms with van der Waals surface area (Å²) >= 11 is 0. The maximum atomic E-state index is 9.43. The van der Waals surface area contributed by atoms with E-state index in [0.717, 1.165) is 100 Å². The zero-order valence-corrected chi connectivity index (χ0v) is 48.4. The lowest BCUT2D eigenvalue weighted by atomic mass is 9.78. The third kappa shape index (κ3) is 9.04. The smallest absolute Gasteiger partial charge is 0.269 e. The van der Waals surface area contributed by atoms with Crippen LogP contribution in [-0.2, 0) is 21.7 Å². The molecule has 0 amide bonds. The molecular weight excluding hydrogens is 985 g/mol. The summed E-state index contributed by atoms with van der Waals surface area (Å²) < 4.78 is 58.9. The first-order valence-electron chi connectivity index (χ1n) is 30.7. The Morgan fingerprint density at radius 1 is 0.457 bits per heavy atom. The molecule has 0 spiro atoms. The normalized spacial score (nSPS) is 13.6. The molecule has 9 aromatic carbocycles. The molecule has 400 valence electrons.